The summed E-state index contributed by atoms with van der Waals surface area (Å²) in [5.74, 6) is 0.300. The second-order valence-electron chi connectivity index (χ2n) is 4.48. The highest BCUT2D eigenvalue weighted by atomic mass is 19.1. The third kappa shape index (κ3) is 2.90. The Balaban J connectivity index is 2.45. The lowest BCUT2D eigenvalue weighted by Gasteiger charge is -2.20. The van der Waals surface area contributed by atoms with E-state index >= 15 is 0 Å². The molecule has 2 rings (SSSR count). The first-order valence-electron chi connectivity index (χ1n) is 6.33. The standard InChI is InChI=1S/C15H18FN3/c1-3-18-14(12-5-4-8-19-15(12)17)11-6-7-13(16)10(2)9-11/h4-9,14,18H,3H2,1-2H3,(H2,17,19). The lowest BCUT2D eigenvalue weighted by atomic mass is 9.97. The number of aryl methyl sites for hydroxylation is 1. The second kappa shape index (κ2) is 5.80. The minimum atomic E-state index is -0.196. The Labute approximate surface area is 112 Å². The number of rotatable bonds is 4. The van der Waals surface area contributed by atoms with Gasteiger partial charge in [0.05, 0.1) is 6.04 Å². The van der Waals surface area contributed by atoms with Gasteiger partial charge in [0.2, 0.25) is 0 Å². The lowest BCUT2D eigenvalue weighted by molar-refractivity contribution is 0.606. The van der Waals surface area contributed by atoms with Gasteiger partial charge in [-0.15, -0.1) is 0 Å². The fraction of sp³-hybridized carbons (Fsp3) is 0.267. The van der Waals surface area contributed by atoms with E-state index in [-0.39, 0.29) is 11.9 Å². The molecule has 0 saturated heterocycles. The third-order valence-corrected chi connectivity index (χ3v) is 3.11. The largest absolute Gasteiger partial charge is 0.383 e. The first kappa shape index (κ1) is 13.5. The van der Waals surface area contributed by atoms with Crippen LogP contribution in [-0.2, 0) is 0 Å². The number of halogens is 1. The van der Waals surface area contributed by atoms with E-state index in [1.807, 2.05) is 25.1 Å². The number of nitrogen functional groups attached to an aromatic ring is 1. The topological polar surface area (TPSA) is 50.9 Å². The summed E-state index contributed by atoms with van der Waals surface area (Å²) in [5, 5.41) is 3.36. The van der Waals surface area contributed by atoms with Gasteiger partial charge in [-0.2, -0.15) is 0 Å². The van der Waals surface area contributed by atoms with Crippen LogP contribution >= 0.6 is 0 Å². The van der Waals surface area contributed by atoms with Gasteiger partial charge in [-0.25, -0.2) is 9.37 Å². The van der Waals surface area contributed by atoms with Crippen molar-refractivity contribution in [1.29, 1.82) is 0 Å². The van der Waals surface area contributed by atoms with Crippen molar-refractivity contribution in [3.63, 3.8) is 0 Å². The van der Waals surface area contributed by atoms with E-state index in [1.54, 1.807) is 19.2 Å². The van der Waals surface area contributed by atoms with Gasteiger partial charge < -0.3 is 11.1 Å². The van der Waals surface area contributed by atoms with Crippen molar-refractivity contribution in [1.82, 2.24) is 10.3 Å². The maximum Gasteiger partial charge on any atom is 0.128 e. The Morgan fingerprint density at radius 1 is 1.37 bits per heavy atom. The van der Waals surface area contributed by atoms with Crippen molar-refractivity contribution in [2.24, 2.45) is 0 Å². The summed E-state index contributed by atoms with van der Waals surface area (Å²) in [5.41, 5.74) is 8.46. The first-order chi connectivity index (χ1) is 9.13. The summed E-state index contributed by atoms with van der Waals surface area (Å²) in [4.78, 5) is 4.11. The molecule has 0 saturated carbocycles. The average molecular weight is 259 g/mol. The Kier molecular flexibility index (Phi) is 4.12. The van der Waals surface area contributed by atoms with Gasteiger partial charge in [-0.05, 0) is 36.7 Å². The van der Waals surface area contributed by atoms with Crippen molar-refractivity contribution in [2.75, 3.05) is 12.3 Å². The summed E-state index contributed by atoms with van der Waals surface area (Å²) in [6.07, 6.45) is 1.66. The van der Waals surface area contributed by atoms with Gasteiger partial charge in [0.1, 0.15) is 11.6 Å². The Bertz CT molecular complexity index is 569. The molecule has 1 aromatic carbocycles. The zero-order valence-electron chi connectivity index (χ0n) is 11.2. The van der Waals surface area contributed by atoms with Crippen LogP contribution < -0.4 is 11.1 Å². The molecule has 0 aliphatic rings. The van der Waals surface area contributed by atoms with Crippen LogP contribution in [0.1, 0.15) is 29.7 Å². The van der Waals surface area contributed by atoms with E-state index in [4.69, 9.17) is 5.73 Å². The number of aromatic nitrogens is 1. The number of pyridine rings is 1. The molecule has 0 bridgehead atoms. The Morgan fingerprint density at radius 3 is 2.79 bits per heavy atom. The molecular weight excluding hydrogens is 241 g/mol. The average Bonchev–Trinajstić information content (AvgIpc) is 2.40. The van der Waals surface area contributed by atoms with Crippen molar-refractivity contribution < 1.29 is 4.39 Å². The van der Waals surface area contributed by atoms with Gasteiger partial charge in [0.25, 0.3) is 0 Å². The molecule has 1 aromatic heterocycles. The summed E-state index contributed by atoms with van der Waals surface area (Å²) in [6, 6.07) is 8.83. The molecule has 0 radical (unpaired) electrons. The van der Waals surface area contributed by atoms with E-state index in [2.05, 4.69) is 10.3 Å². The smallest absolute Gasteiger partial charge is 0.128 e. The fourth-order valence-electron chi connectivity index (χ4n) is 2.13. The molecule has 1 unspecified atom stereocenters. The number of benzene rings is 1. The van der Waals surface area contributed by atoms with Gasteiger partial charge in [-0.1, -0.05) is 25.1 Å². The quantitative estimate of drug-likeness (QED) is 0.887. The minimum absolute atomic E-state index is 0.0713. The highest BCUT2D eigenvalue weighted by Gasteiger charge is 2.16. The Morgan fingerprint density at radius 2 is 2.16 bits per heavy atom. The normalized spacial score (nSPS) is 12.4. The molecule has 4 heteroatoms. The predicted octanol–water partition coefficient (Wildman–Crippen LogP) is 2.81. The third-order valence-electron chi connectivity index (χ3n) is 3.11. The maximum absolute atomic E-state index is 13.4. The number of nitrogens with two attached hydrogens (primary N) is 1. The number of nitrogens with zero attached hydrogens (tertiary/aromatic N) is 1. The number of nitrogens with one attached hydrogen (secondary N) is 1. The van der Waals surface area contributed by atoms with Crippen molar-refractivity contribution in [3.05, 3.63) is 59.0 Å². The molecule has 0 aliphatic carbocycles. The second-order valence-corrected chi connectivity index (χ2v) is 4.48. The van der Waals surface area contributed by atoms with Crippen molar-refractivity contribution in [3.8, 4) is 0 Å². The van der Waals surface area contributed by atoms with E-state index in [0.717, 1.165) is 17.7 Å². The zero-order chi connectivity index (χ0) is 13.8. The molecule has 1 atom stereocenters. The van der Waals surface area contributed by atoms with E-state index in [9.17, 15) is 4.39 Å². The lowest BCUT2D eigenvalue weighted by Crippen LogP contribution is -2.23. The summed E-state index contributed by atoms with van der Waals surface area (Å²) < 4.78 is 13.4. The van der Waals surface area contributed by atoms with Crippen LogP contribution in [0.15, 0.2) is 36.5 Å². The van der Waals surface area contributed by atoms with E-state index < -0.39 is 0 Å². The molecular formula is C15H18FN3. The highest BCUT2D eigenvalue weighted by molar-refractivity contribution is 5.46. The van der Waals surface area contributed by atoms with Gasteiger partial charge in [-0.3, -0.25) is 0 Å². The Hall–Kier alpha value is -1.94. The van der Waals surface area contributed by atoms with Crippen LogP contribution in [0.2, 0.25) is 0 Å². The fourth-order valence-corrected chi connectivity index (χ4v) is 2.13. The van der Waals surface area contributed by atoms with E-state index in [0.29, 0.717) is 11.4 Å². The minimum Gasteiger partial charge on any atom is -0.383 e. The number of hydrogen-bond donors (Lipinski definition) is 2. The van der Waals surface area contributed by atoms with Crippen molar-refractivity contribution in [2.45, 2.75) is 19.9 Å². The van der Waals surface area contributed by atoms with Crippen LogP contribution in [-0.4, -0.2) is 11.5 Å². The summed E-state index contributed by atoms with van der Waals surface area (Å²) in [6.45, 7) is 4.57. The van der Waals surface area contributed by atoms with Crippen LogP contribution in [0.25, 0.3) is 0 Å². The summed E-state index contributed by atoms with van der Waals surface area (Å²) in [7, 11) is 0. The number of hydrogen-bond acceptors (Lipinski definition) is 3. The van der Waals surface area contributed by atoms with Gasteiger partial charge >= 0.3 is 0 Å². The molecule has 0 fully saturated rings. The van der Waals surface area contributed by atoms with Crippen LogP contribution in [0, 0.1) is 12.7 Å². The molecule has 0 spiro atoms. The van der Waals surface area contributed by atoms with Crippen molar-refractivity contribution >= 4 is 5.82 Å². The molecule has 0 amide bonds. The maximum atomic E-state index is 13.4. The molecule has 2 aromatic rings. The molecule has 19 heavy (non-hydrogen) atoms. The molecule has 3 N–H and O–H groups in total. The molecule has 3 nitrogen and oxygen atoms in total. The monoisotopic (exact) mass is 259 g/mol. The SMILES string of the molecule is CCNC(c1ccc(F)c(C)c1)c1cccnc1N. The molecule has 1 heterocycles. The van der Waals surface area contributed by atoms with Crippen LogP contribution in [0.5, 0.6) is 0 Å². The van der Waals surface area contributed by atoms with Crippen LogP contribution in [0.4, 0.5) is 10.2 Å². The van der Waals surface area contributed by atoms with E-state index in [1.165, 1.54) is 6.07 Å². The predicted molar refractivity (Wildman–Crippen MR) is 75.3 cm³/mol. The summed E-state index contributed by atoms with van der Waals surface area (Å²) >= 11 is 0. The van der Waals surface area contributed by atoms with Gasteiger partial charge in [0, 0.05) is 11.8 Å². The molecule has 100 valence electrons. The van der Waals surface area contributed by atoms with Gasteiger partial charge in [0.15, 0.2) is 0 Å². The first-order valence-corrected chi connectivity index (χ1v) is 6.33. The zero-order valence-corrected chi connectivity index (χ0v) is 11.2. The molecule has 0 aliphatic heterocycles. The number of anilines is 1. The van der Waals surface area contributed by atoms with Crippen LogP contribution in [0.3, 0.4) is 0 Å². The highest BCUT2D eigenvalue weighted by Crippen LogP contribution is 2.26.